The fraction of sp³-hybridized carbons (Fsp3) is 0.0638. The van der Waals surface area contributed by atoms with E-state index in [-0.39, 0.29) is 0 Å². The summed E-state index contributed by atoms with van der Waals surface area (Å²) >= 11 is 1.83. The molecule has 1 aliphatic rings. The topological polar surface area (TPSA) is 35.6 Å². The fourth-order valence-corrected chi connectivity index (χ4v) is 9.46. The number of nitrogens with zero attached hydrogens (tertiary/aromatic N) is 4. The lowest BCUT2D eigenvalue weighted by Crippen LogP contribution is -2.07. The zero-order valence-electron chi connectivity index (χ0n) is 28.5. The molecule has 0 aliphatic heterocycles. The van der Waals surface area contributed by atoms with Crippen molar-refractivity contribution in [2.75, 3.05) is 0 Å². The number of aromatic nitrogens is 4. The quantitative estimate of drug-likeness (QED) is 0.185. The molecule has 52 heavy (non-hydrogen) atoms. The first-order valence-corrected chi connectivity index (χ1v) is 18.7. The van der Waals surface area contributed by atoms with E-state index in [1.54, 1.807) is 0 Å². The molecule has 0 radical (unpaired) electrons. The highest BCUT2D eigenvalue weighted by Gasteiger charge is 2.24. The first kappa shape index (κ1) is 29.4. The summed E-state index contributed by atoms with van der Waals surface area (Å²) in [7, 11) is 0. The molecule has 4 heterocycles. The molecule has 0 bridgehead atoms. The molecule has 0 amide bonds. The molecule has 4 aromatic heterocycles. The van der Waals surface area contributed by atoms with E-state index in [2.05, 4.69) is 174 Å². The van der Waals surface area contributed by atoms with Crippen LogP contribution in [0.5, 0.6) is 0 Å². The van der Waals surface area contributed by atoms with Crippen LogP contribution in [0.3, 0.4) is 0 Å². The van der Waals surface area contributed by atoms with Crippen LogP contribution in [-0.2, 0) is 0 Å². The molecule has 0 saturated carbocycles. The highest BCUT2D eigenvalue weighted by Crippen LogP contribution is 2.43. The molecule has 0 spiro atoms. The summed E-state index contributed by atoms with van der Waals surface area (Å²) in [6.45, 7) is 2.30. The van der Waals surface area contributed by atoms with Crippen molar-refractivity contribution in [2.24, 2.45) is 5.92 Å². The van der Waals surface area contributed by atoms with Gasteiger partial charge in [0.1, 0.15) is 0 Å². The standard InChI is InChI=1S/C47H32N4S/c1-29-12-11-15-32(26-29)50-41-19-8-5-16-33(41)37-24-25-38-34-17-6-9-20-42(34)51(46(38)45(37)50)47-48-39(30-13-3-2-4-14-30)28-40(49-47)31-22-23-36-35-18-7-10-21-43(35)52-44(36)27-31/h2-25,27-29H,26H2,1H3. The van der Waals surface area contributed by atoms with Crippen molar-refractivity contribution in [3.8, 4) is 28.5 Å². The molecule has 1 aliphatic carbocycles. The molecule has 0 saturated heterocycles. The van der Waals surface area contributed by atoms with E-state index in [4.69, 9.17) is 9.97 Å². The van der Waals surface area contributed by atoms with Crippen LogP contribution >= 0.6 is 11.3 Å². The second kappa shape index (κ2) is 11.4. The largest absolute Gasteiger partial charge is 0.311 e. The van der Waals surface area contributed by atoms with Crippen molar-refractivity contribution in [1.82, 2.24) is 19.1 Å². The Balaban J connectivity index is 1.26. The van der Waals surface area contributed by atoms with E-state index >= 15 is 0 Å². The molecule has 246 valence electrons. The Kier molecular flexibility index (Phi) is 6.43. The Bertz CT molecular complexity index is 3120. The SMILES string of the molecule is CC1C=CC=C(n2c3ccccc3c3ccc4c5ccccc5n(-c5nc(-c6ccccc6)cc(-c6ccc7c(c6)sc6ccccc67)n5)c4c32)C1. The number of benzene rings is 6. The van der Waals surface area contributed by atoms with Crippen LogP contribution in [0.4, 0.5) is 0 Å². The molecule has 5 heteroatoms. The fourth-order valence-electron chi connectivity index (χ4n) is 8.32. The molecular formula is C47H32N4S. The lowest BCUT2D eigenvalue weighted by Gasteiger charge is -2.19. The summed E-state index contributed by atoms with van der Waals surface area (Å²) in [5, 5.41) is 7.42. The zero-order valence-corrected chi connectivity index (χ0v) is 29.3. The maximum Gasteiger partial charge on any atom is 0.235 e. The predicted molar refractivity (Wildman–Crippen MR) is 220 cm³/mol. The first-order valence-electron chi connectivity index (χ1n) is 17.9. The Hall–Kier alpha value is -6.30. The number of rotatable bonds is 4. The van der Waals surface area contributed by atoms with Gasteiger partial charge in [0.15, 0.2) is 0 Å². The van der Waals surface area contributed by atoms with Crippen LogP contribution in [0.15, 0.2) is 158 Å². The zero-order chi connectivity index (χ0) is 34.3. The van der Waals surface area contributed by atoms with Crippen molar-refractivity contribution >= 4 is 80.8 Å². The second-order valence-corrected chi connectivity index (χ2v) is 15.0. The van der Waals surface area contributed by atoms with E-state index < -0.39 is 0 Å². The van der Waals surface area contributed by atoms with Gasteiger partial charge in [0, 0.05) is 58.5 Å². The minimum absolute atomic E-state index is 0.452. The van der Waals surface area contributed by atoms with Gasteiger partial charge in [-0.15, -0.1) is 11.3 Å². The maximum atomic E-state index is 5.47. The number of para-hydroxylation sites is 2. The Morgan fingerprint density at radius 2 is 1.13 bits per heavy atom. The molecule has 4 nitrogen and oxygen atoms in total. The minimum atomic E-state index is 0.452. The second-order valence-electron chi connectivity index (χ2n) is 13.9. The normalized spacial score (nSPS) is 14.8. The maximum absolute atomic E-state index is 5.47. The summed E-state index contributed by atoms with van der Waals surface area (Å²) in [5.74, 6) is 1.11. The monoisotopic (exact) mass is 684 g/mol. The highest BCUT2D eigenvalue weighted by atomic mass is 32.1. The summed E-state index contributed by atoms with van der Waals surface area (Å²) < 4.78 is 7.37. The molecule has 1 unspecified atom stereocenters. The number of thiophene rings is 1. The van der Waals surface area contributed by atoms with Crippen LogP contribution in [0.25, 0.3) is 97.9 Å². The molecule has 1 atom stereocenters. The number of fused-ring (bicyclic) bond motifs is 10. The van der Waals surface area contributed by atoms with Gasteiger partial charge in [-0.3, -0.25) is 4.57 Å². The molecule has 10 aromatic rings. The van der Waals surface area contributed by atoms with Crippen molar-refractivity contribution in [2.45, 2.75) is 13.3 Å². The number of allylic oxidation sites excluding steroid dienone is 4. The third-order valence-electron chi connectivity index (χ3n) is 10.7. The smallest absolute Gasteiger partial charge is 0.235 e. The predicted octanol–water partition coefficient (Wildman–Crippen LogP) is 12.8. The lowest BCUT2D eigenvalue weighted by atomic mass is 10.00. The van der Waals surface area contributed by atoms with Gasteiger partial charge in [-0.25, -0.2) is 9.97 Å². The Labute approximate surface area is 304 Å². The van der Waals surface area contributed by atoms with Crippen LogP contribution in [0.1, 0.15) is 13.3 Å². The average molecular weight is 685 g/mol. The van der Waals surface area contributed by atoms with E-state index in [1.807, 2.05) is 11.3 Å². The van der Waals surface area contributed by atoms with Crippen molar-refractivity contribution < 1.29 is 0 Å². The van der Waals surface area contributed by atoms with Gasteiger partial charge in [0.25, 0.3) is 0 Å². The highest BCUT2D eigenvalue weighted by molar-refractivity contribution is 7.25. The van der Waals surface area contributed by atoms with Gasteiger partial charge < -0.3 is 4.57 Å². The Morgan fingerprint density at radius 3 is 1.88 bits per heavy atom. The van der Waals surface area contributed by atoms with Gasteiger partial charge in [0.05, 0.1) is 33.5 Å². The third-order valence-corrected chi connectivity index (χ3v) is 11.8. The Morgan fingerprint density at radius 1 is 0.538 bits per heavy atom. The van der Waals surface area contributed by atoms with Gasteiger partial charge in [-0.05, 0) is 48.7 Å². The average Bonchev–Trinajstić information content (AvgIpc) is 3.85. The van der Waals surface area contributed by atoms with Crippen molar-refractivity contribution in [3.05, 3.63) is 158 Å². The molecule has 0 fully saturated rings. The summed E-state index contributed by atoms with van der Waals surface area (Å²) in [5.41, 5.74) is 9.83. The van der Waals surface area contributed by atoms with Crippen LogP contribution in [0, 0.1) is 5.92 Å². The molecular weight excluding hydrogens is 653 g/mol. The first-order chi connectivity index (χ1) is 25.7. The van der Waals surface area contributed by atoms with E-state index in [9.17, 15) is 0 Å². The van der Waals surface area contributed by atoms with Crippen LogP contribution in [-0.4, -0.2) is 19.1 Å². The van der Waals surface area contributed by atoms with Gasteiger partial charge >= 0.3 is 0 Å². The van der Waals surface area contributed by atoms with Crippen molar-refractivity contribution in [1.29, 1.82) is 0 Å². The molecule has 6 aromatic carbocycles. The van der Waals surface area contributed by atoms with Crippen LogP contribution < -0.4 is 0 Å². The molecule has 11 rings (SSSR count). The van der Waals surface area contributed by atoms with E-state index in [1.165, 1.54) is 58.4 Å². The lowest BCUT2D eigenvalue weighted by molar-refractivity contribution is 0.730. The van der Waals surface area contributed by atoms with Gasteiger partial charge in [0.2, 0.25) is 5.95 Å². The summed E-state index contributed by atoms with van der Waals surface area (Å²) in [6, 6.07) is 50.2. The van der Waals surface area contributed by atoms with E-state index in [0.29, 0.717) is 11.9 Å². The van der Waals surface area contributed by atoms with Crippen LogP contribution in [0.2, 0.25) is 0 Å². The summed E-state index contributed by atoms with van der Waals surface area (Å²) in [6.07, 6.45) is 7.76. The van der Waals surface area contributed by atoms with E-state index in [0.717, 1.165) is 40.0 Å². The molecule has 0 N–H and O–H groups in total. The van der Waals surface area contributed by atoms with Gasteiger partial charge in [-0.2, -0.15) is 0 Å². The minimum Gasteiger partial charge on any atom is -0.311 e. The number of hydrogen-bond acceptors (Lipinski definition) is 3. The van der Waals surface area contributed by atoms with Crippen molar-refractivity contribution in [3.63, 3.8) is 0 Å². The van der Waals surface area contributed by atoms with Gasteiger partial charge in [-0.1, -0.05) is 128 Å². The number of hydrogen-bond donors (Lipinski definition) is 0. The third kappa shape index (κ3) is 4.39. The summed E-state index contributed by atoms with van der Waals surface area (Å²) in [4.78, 5) is 10.9.